The summed E-state index contributed by atoms with van der Waals surface area (Å²) < 4.78 is 0. The summed E-state index contributed by atoms with van der Waals surface area (Å²) in [7, 11) is 0. The Morgan fingerprint density at radius 1 is 1.12 bits per heavy atom. The molecule has 1 spiro atoms. The highest BCUT2D eigenvalue weighted by atomic mass is 16.6. The van der Waals surface area contributed by atoms with Crippen LogP contribution < -0.4 is 15.1 Å². The average molecular weight is 434 g/mol. The second-order valence-corrected chi connectivity index (χ2v) is 8.79. The van der Waals surface area contributed by atoms with E-state index in [1.807, 2.05) is 4.90 Å². The number of rotatable bonds is 2. The van der Waals surface area contributed by atoms with Crippen LogP contribution in [0.1, 0.15) is 25.3 Å². The average Bonchev–Trinajstić information content (AvgIpc) is 2.77. The standard InChI is InChI=1S/C23H22N4O5/c1-14-9-10-25-18-8-7-17(27(31)32)12-15(18)13-23(19(25)11-14)20(28)24-22(30)26(21(23)29)16-5-3-2-4-6-16/h2-8,12,14,19H,9-11,13H2,1H3,(H,24,28,30)/t14-,19-,23-/m0/s1. The minimum absolute atomic E-state index is 0.000813. The van der Waals surface area contributed by atoms with Crippen molar-refractivity contribution in [2.24, 2.45) is 11.3 Å². The van der Waals surface area contributed by atoms with Crippen molar-refractivity contribution in [3.8, 4) is 0 Å². The van der Waals surface area contributed by atoms with Gasteiger partial charge in [0.25, 0.3) is 11.6 Å². The maximum atomic E-state index is 14.0. The van der Waals surface area contributed by atoms with Crippen LogP contribution in [0.15, 0.2) is 48.5 Å². The second kappa shape index (κ2) is 7.15. The van der Waals surface area contributed by atoms with Gasteiger partial charge in [0.15, 0.2) is 5.41 Å². The van der Waals surface area contributed by atoms with E-state index >= 15 is 0 Å². The molecule has 1 N–H and O–H groups in total. The third kappa shape index (κ3) is 2.80. The van der Waals surface area contributed by atoms with Gasteiger partial charge in [-0.2, -0.15) is 0 Å². The van der Waals surface area contributed by atoms with E-state index in [0.717, 1.165) is 17.0 Å². The zero-order valence-electron chi connectivity index (χ0n) is 17.5. The lowest BCUT2D eigenvalue weighted by Gasteiger charge is -2.54. The summed E-state index contributed by atoms with van der Waals surface area (Å²) in [6.45, 7) is 2.71. The summed E-state index contributed by atoms with van der Waals surface area (Å²) in [5.41, 5.74) is 0.1000. The summed E-state index contributed by atoms with van der Waals surface area (Å²) in [5.74, 6) is -0.934. The number of nitro groups is 1. The fraction of sp³-hybridized carbons (Fsp3) is 0.348. The number of barbiturate groups is 1. The summed E-state index contributed by atoms with van der Waals surface area (Å²) >= 11 is 0. The quantitative estimate of drug-likeness (QED) is 0.442. The lowest BCUT2D eigenvalue weighted by molar-refractivity contribution is -0.384. The van der Waals surface area contributed by atoms with Gasteiger partial charge in [0.05, 0.1) is 16.7 Å². The number of carbonyl (C=O) groups is 3. The molecule has 2 saturated heterocycles. The SMILES string of the molecule is C[C@H]1CCN2c3ccc([N+](=O)[O-])cc3C[C@@]3(C(=O)NC(=O)N(c4ccccc4)C3=O)[C@@H]2C1. The molecule has 0 aliphatic carbocycles. The van der Waals surface area contributed by atoms with Crippen molar-refractivity contribution in [1.29, 1.82) is 0 Å². The van der Waals surface area contributed by atoms with Gasteiger partial charge in [-0.3, -0.25) is 25.0 Å². The predicted octanol–water partition coefficient (Wildman–Crippen LogP) is 3.03. The molecule has 32 heavy (non-hydrogen) atoms. The Kier molecular flexibility index (Phi) is 4.51. The number of hydrogen-bond acceptors (Lipinski definition) is 6. The molecule has 0 aromatic heterocycles. The second-order valence-electron chi connectivity index (χ2n) is 8.79. The number of nitrogens with zero attached hydrogens (tertiary/aromatic N) is 3. The van der Waals surface area contributed by atoms with Crippen LogP contribution >= 0.6 is 0 Å². The topological polar surface area (TPSA) is 113 Å². The van der Waals surface area contributed by atoms with E-state index in [4.69, 9.17) is 0 Å². The number of anilines is 2. The van der Waals surface area contributed by atoms with Crippen LogP contribution in [0.3, 0.4) is 0 Å². The third-order valence-corrected chi connectivity index (χ3v) is 6.91. The molecule has 0 saturated carbocycles. The van der Waals surface area contributed by atoms with E-state index in [2.05, 4.69) is 12.2 Å². The Hall–Kier alpha value is -3.75. The molecule has 3 heterocycles. The minimum Gasteiger partial charge on any atom is -0.367 e. The summed E-state index contributed by atoms with van der Waals surface area (Å²) in [5, 5.41) is 13.8. The molecular weight excluding hydrogens is 412 g/mol. The molecule has 9 nitrogen and oxygen atoms in total. The van der Waals surface area contributed by atoms with Crippen LogP contribution in [0.2, 0.25) is 0 Å². The van der Waals surface area contributed by atoms with Crippen LogP contribution in [0, 0.1) is 21.4 Å². The number of piperidine rings is 1. The Bertz CT molecular complexity index is 1150. The number of hydrogen-bond donors (Lipinski definition) is 1. The first-order chi connectivity index (χ1) is 15.3. The van der Waals surface area contributed by atoms with Crippen molar-refractivity contribution in [3.63, 3.8) is 0 Å². The lowest BCUT2D eigenvalue weighted by Crippen LogP contribution is -2.73. The van der Waals surface area contributed by atoms with E-state index in [0.29, 0.717) is 24.2 Å². The maximum Gasteiger partial charge on any atom is 0.335 e. The van der Waals surface area contributed by atoms with Crippen molar-refractivity contribution >= 4 is 34.9 Å². The molecular formula is C23H22N4O5. The molecule has 3 atom stereocenters. The number of non-ortho nitro benzene ring substituents is 1. The number of urea groups is 1. The number of carbonyl (C=O) groups excluding carboxylic acids is 3. The van der Waals surface area contributed by atoms with Crippen LogP contribution in [0.5, 0.6) is 0 Å². The molecule has 4 amide bonds. The highest BCUT2D eigenvalue weighted by molar-refractivity contribution is 6.30. The zero-order chi connectivity index (χ0) is 22.6. The van der Waals surface area contributed by atoms with Gasteiger partial charge in [-0.05, 0) is 42.5 Å². The Balaban J connectivity index is 1.69. The normalized spacial score (nSPS) is 27.1. The Morgan fingerprint density at radius 2 is 1.88 bits per heavy atom. The number of fused-ring (bicyclic) bond motifs is 4. The number of nitro benzene ring substituents is 1. The van der Waals surface area contributed by atoms with Crippen LogP contribution in [-0.2, 0) is 16.0 Å². The van der Waals surface area contributed by atoms with Gasteiger partial charge in [-0.15, -0.1) is 0 Å². The number of para-hydroxylation sites is 1. The van der Waals surface area contributed by atoms with Crippen molar-refractivity contribution in [3.05, 3.63) is 64.2 Å². The predicted molar refractivity (Wildman–Crippen MR) is 116 cm³/mol. The summed E-state index contributed by atoms with van der Waals surface area (Å²) in [6.07, 6.45) is 1.48. The fourth-order valence-corrected chi connectivity index (χ4v) is 5.34. The molecule has 0 radical (unpaired) electrons. The first-order valence-corrected chi connectivity index (χ1v) is 10.6. The molecule has 9 heteroatoms. The third-order valence-electron chi connectivity index (χ3n) is 6.91. The van der Waals surface area contributed by atoms with Crippen LogP contribution in [0.25, 0.3) is 0 Å². The van der Waals surface area contributed by atoms with Crippen molar-refractivity contribution in [2.45, 2.75) is 32.2 Å². The van der Waals surface area contributed by atoms with Gasteiger partial charge < -0.3 is 4.90 Å². The van der Waals surface area contributed by atoms with Gasteiger partial charge in [-0.1, -0.05) is 25.1 Å². The molecule has 5 rings (SSSR count). The Morgan fingerprint density at radius 3 is 2.59 bits per heavy atom. The molecule has 164 valence electrons. The highest BCUT2D eigenvalue weighted by Crippen LogP contribution is 2.49. The lowest BCUT2D eigenvalue weighted by atomic mass is 9.64. The van der Waals surface area contributed by atoms with Gasteiger partial charge in [0.2, 0.25) is 5.91 Å². The molecule has 0 unspecified atom stereocenters. The smallest absolute Gasteiger partial charge is 0.335 e. The van der Waals surface area contributed by atoms with Crippen LogP contribution in [-0.4, -0.2) is 35.4 Å². The molecule has 3 aliphatic rings. The Labute approximate surface area is 184 Å². The van der Waals surface area contributed by atoms with Gasteiger partial charge in [0.1, 0.15) is 0 Å². The maximum absolute atomic E-state index is 14.0. The van der Waals surface area contributed by atoms with E-state index in [1.165, 1.54) is 12.1 Å². The fourth-order valence-electron chi connectivity index (χ4n) is 5.34. The first-order valence-electron chi connectivity index (χ1n) is 10.6. The zero-order valence-corrected chi connectivity index (χ0v) is 17.5. The van der Waals surface area contributed by atoms with Crippen molar-refractivity contribution in [2.75, 3.05) is 16.3 Å². The number of amides is 4. The molecule has 3 aliphatic heterocycles. The van der Waals surface area contributed by atoms with Crippen molar-refractivity contribution in [1.82, 2.24) is 5.32 Å². The van der Waals surface area contributed by atoms with E-state index in [1.54, 1.807) is 36.4 Å². The van der Waals surface area contributed by atoms with Crippen molar-refractivity contribution < 1.29 is 19.3 Å². The van der Waals surface area contributed by atoms with Gasteiger partial charge >= 0.3 is 6.03 Å². The molecule has 2 fully saturated rings. The molecule has 2 aromatic carbocycles. The minimum atomic E-state index is -1.55. The molecule has 2 aromatic rings. The number of nitrogens with one attached hydrogen (secondary N) is 1. The highest BCUT2D eigenvalue weighted by Gasteiger charge is 2.63. The number of benzene rings is 2. The molecule has 0 bridgehead atoms. The van der Waals surface area contributed by atoms with Gasteiger partial charge in [0, 0.05) is 30.8 Å². The van der Waals surface area contributed by atoms with Crippen LogP contribution in [0.4, 0.5) is 21.9 Å². The van der Waals surface area contributed by atoms with Gasteiger partial charge in [-0.25, -0.2) is 9.69 Å². The van der Waals surface area contributed by atoms with E-state index < -0.39 is 34.2 Å². The summed E-state index contributed by atoms with van der Waals surface area (Å²) in [6, 6.07) is 11.9. The summed E-state index contributed by atoms with van der Waals surface area (Å²) in [4.78, 5) is 54.1. The number of imide groups is 2. The van der Waals surface area contributed by atoms with E-state index in [-0.39, 0.29) is 18.0 Å². The largest absolute Gasteiger partial charge is 0.367 e. The first kappa shape index (κ1) is 20.2. The monoisotopic (exact) mass is 434 g/mol. The van der Waals surface area contributed by atoms with E-state index in [9.17, 15) is 24.5 Å².